The zero-order valence-corrected chi connectivity index (χ0v) is 16.9. The number of hydrogen-bond donors (Lipinski definition) is 1. The Morgan fingerprint density at radius 1 is 1.14 bits per heavy atom. The van der Waals surface area contributed by atoms with Gasteiger partial charge in [-0.05, 0) is 55.2 Å². The lowest BCUT2D eigenvalue weighted by Gasteiger charge is -2.22. The molecule has 1 saturated heterocycles. The maximum Gasteiger partial charge on any atom is 0.255 e. The molecule has 0 bridgehead atoms. The SMILES string of the molecule is Cc1c(Cl)cccc1NC(=O)c1cccc(N2C(=O)[C@H]3[C@H](C)C=CC[C@H]3C2=O)c1. The normalized spacial score (nSPS) is 23.3. The lowest BCUT2D eigenvalue weighted by molar-refractivity contribution is -0.122. The molecule has 2 aromatic carbocycles. The number of amides is 3. The van der Waals surface area contributed by atoms with Crippen molar-refractivity contribution in [2.24, 2.45) is 17.8 Å². The van der Waals surface area contributed by atoms with E-state index in [-0.39, 0.29) is 35.5 Å². The molecule has 3 atom stereocenters. The van der Waals surface area contributed by atoms with Crippen molar-refractivity contribution in [1.82, 2.24) is 0 Å². The van der Waals surface area contributed by atoms with E-state index in [1.54, 1.807) is 42.5 Å². The van der Waals surface area contributed by atoms with Gasteiger partial charge in [-0.2, -0.15) is 0 Å². The zero-order valence-electron chi connectivity index (χ0n) is 16.2. The number of imide groups is 1. The Labute approximate surface area is 174 Å². The first-order valence-electron chi connectivity index (χ1n) is 9.59. The van der Waals surface area contributed by atoms with E-state index < -0.39 is 0 Å². The van der Waals surface area contributed by atoms with Crippen LogP contribution in [-0.2, 0) is 9.59 Å². The lowest BCUT2D eigenvalue weighted by Crippen LogP contribution is -2.31. The summed E-state index contributed by atoms with van der Waals surface area (Å²) in [6.07, 6.45) is 4.54. The second-order valence-corrected chi connectivity index (χ2v) is 7.99. The summed E-state index contributed by atoms with van der Waals surface area (Å²) in [6, 6.07) is 11.9. The lowest BCUT2D eigenvalue weighted by atomic mass is 9.78. The van der Waals surface area contributed by atoms with Crippen LogP contribution in [0.25, 0.3) is 0 Å². The number of halogens is 1. The summed E-state index contributed by atoms with van der Waals surface area (Å²) in [4.78, 5) is 39.9. The van der Waals surface area contributed by atoms with Gasteiger partial charge in [-0.1, -0.05) is 42.8 Å². The minimum Gasteiger partial charge on any atom is -0.322 e. The van der Waals surface area contributed by atoms with Gasteiger partial charge in [-0.15, -0.1) is 0 Å². The van der Waals surface area contributed by atoms with Gasteiger partial charge < -0.3 is 5.32 Å². The Kier molecular flexibility index (Phi) is 5.01. The zero-order chi connectivity index (χ0) is 20.7. The molecule has 1 fully saturated rings. The summed E-state index contributed by atoms with van der Waals surface area (Å²) in [5, 5.41) is 3.41. The van der Waals surface area contributed by atoms with Gasteiger partial charge >= 0.3 is 0 Å². The average molecular weight is 409 g/mol. The number of allylic oxidation sites excluding steroid dienone is 2. The highest BCUT2D eigenvalue weighted by Gasteiger charge is 2.50. The molecule has 1 aliphatic carbocycles. The van der Waals surface area contributed by atoms with Crippen molar-refractivity contribution >= 4 is 40.7 Å². The van der Waals surface area contributed by atoms with Crippen LogP contribution in [0, 0.1) is 24.7 Å². The summed E-state index contributed by atoms with van der Waals surface area (Å²) in [6.45, 7) is 3.78. The molecule has 4 rings (SSSR count). The summed E-state index contributed by atoms with van der Waals surface area (Å²) in [5.74, 6) is -1.36. The van der Waals surface area contributed by atoms with Gasteiger partial charge in [-0.25, -0.2) is 0 Å². The Morgan fingerprint density at radius 2 is 1.90 bits per heavy atom. The van der Waals surface area contributed by atoms with Gasteiger partial charge in [0, 0.05) is 16.3 Å². The van der Waals surface area contributed by atoms with Crippen molar-refractivity contribution < 1.29 is 14.4 Å². The molecule has 2 aromatic rings. The van der Waals surface area contributed by atoms with Crippen molar-refractivity contribution in [3.05, 3.63) is 70.8 Å². The summed E-state index contributed by atoms with van der Waals surface area (Å²) >= 11 is 6.12. The minimum atomic E-state index is -0.334. The number of carbonyl (C=O) groups is 3. The molecule has 5 nitrogen and oxygen atoms in total. The number of nitrogens with zero attached hydrogens (tertiary/aromatic N) is 1. The van der Waals surface area contributed by atoms with Crippen molar-refractivity contribution in [3.8, 4) is 0 Å². The Balaban J connectivity index is 1.61. The molecule has 1 N–H and O–H groups in total. The van der Waals surface area contributed by atoms with E-state index in [0.717, 1.165) is 5.56 Å². The van der Waals surface area contributed by atoms with Crippen LogP contribution in [0.15, 0.2) is 54.6 Å². The van der Waals surface area contributed by atoms with Gasteiger partial charge in [0.1, 0.15) is 0 Å². The molecule has 0 radical (unpaired) electrons. The van der Waals surface area contributed by atoms with Crippen molar-refractivity contribution in [2.45, 2.75) is 20.3 Å². The third kappa shape index (κ3) is 3.36. The Bertz CT molecular complexity index is 1050. The predicted octanol–water partition coefficient (Wildman–Crippen LogP) is 4.60. The average Bonchev–Trinajstić information content (AvgIpc) is 2.97. The highest BCUT2D eigenvalue weighted by atomic mass is 35.5. The molecule has 0 saturated carbocycles. The van der Waals surface area contributed by atoms with Gasteiger partial charge in [0.2, 0.25) is 11.8 Å². The molecule has 1 aliphatic heterocycles. The number of benzene rings is 2. The molecular formula is C23H21ClN2O3. The molecule has 148 valence electrons. The van der Waals surface area contributed by atoms with Gasteiger partial charge in [0.25, 0.3) is 5.91 Å². The molecule has 6 heteroatoms. The standard InChI is InChI=1S/C23H21ClN2O3/c1-13-6-3-9-17-20(13)23(29)26(22(17)28)16-8-4-7-15(12-16)21(27)25-19-11-5-10-18(24)14(19)2/h3-8,10-13,17,20H,9H2,1-2H3,(H,25,27)/t13-,17-,20+/m1/s1. The first kappa shape index (κ1) is 19.4. The minimum absolute atomic E-state index is 0.0208. The molecule has 0 spiro atoms. The van der Waals surface area contributed by atoms with E-state index in [2.05, 4.69) is 5.32 Å². The molecule has 2 aliphatic rings. The fourth-order valence-electron chi connectivity index (χ4n) is 4.13. The summed E-state index contributed by atoms with van der Waals surface area (Å²) < 4.78 is 0. The molecule has 3 amide bonds. The van der Waals surface area contributed by atoms with Crippen LogP contribution in [0.1, 0.15) is 29.3 Å². The van der Waals surface area contributed by atoms with E-state index in [4.69, 9.17) is 11.6 Å². The first-order valence-corrected chi connectivity index (χ1v) is 9.97. The van der Waals surface area contributed by atoms with Gasteiger partial charge in [0.15, 0.2) is 0 Å². The van der Waals surface area contributed by atoms with Crippen LogP contribution in [0.4, 0.5) is 11.4 Å². The van der Waals surface area contributed by atoms with Gasteiger partial charge in [-0.3, -0.25) is 19.3 Å². The number of anilines is 2. The second kappa shape index (κ2) is 7.48. The third-order valence-corrected chi connectivity index (χ3v) is 6.16. The Hall–Kier alpha value is -2.92. The van der Waals surface area contributed by atoms with E-state index in [1.165, 1.54) is 4.90 Å². The maximum absolute atomic E-state index is 13.0. The third-order valence-electron chi connectivity index (χ3n) is 5.76. The number of carbonyl (C=O) groups excluding carboxylic acids is 3. The molecular weight excluding hydrogens is 388 g/mol. The van der Waals surface area contributed by atoms with Crippen LogP contribution in [0.3, 0.4) is 0 Å². The number of fused-ring (bicyclic) bond motifs is 1. The highest BCUT2D eigenvalue weighted by molar-refractivity contribution is 6.31. The smallest absolute Gasteiger partial charge is 0.255 e. The van der Waals surface area contributed by atoms with E-state index in [1.807, 2.05) is 26.0 Å². The van der Waals surface area contributed by atoms with E-state index in [0.29, 0.717) is 28.4 Å². The summed E-state index contributed by atoms with van der Waals surface area (Å²) in [5.41, 5.74) is 2.18. The molecule has 1 heterocycles. The van der Waals surface area contributed by atoms with Gasteiger partial charge in [0.05, 0.1) is 17.5 Å². The van der Waals surface area contributed by atoms with Crippen molar-refractivity contribution in [2.75, 3.05) is 10.2 Å². The fraction of sp³-hybridized carbons (Fsp3) is 0.261. The van der Waals surface area contributed by atoms with E-state index in [9.17, 15) is 14.4 Å². The largest absolute Gasteiger partial charge is 0.322 e. The topological polar surface area (TPSA) is 66.5 Å². The Morgan fingerprint density at radius 3 is 2.66 bits per heavy atom. The first-order chi connectivity index (χ1) is 13.9. The number of rotatable bonds is 3. The molecule has 0 unspecified atom stereocenters. The second-order valence-electron chi connectivity index (χ2n) is 7.58. The monoisotopic (exact) mass is 408 g/mol. The van der Waals surface area contributed by atoms with Crippen LogP contribution >= 0.6 is 11.6 Å². The highest BCUT2D eigenvalue weighted by Crippen LogP contribution is 2.40. The van der Waals surface area contributed by atoms with Crippen LogP contribution in [-0.4, -0.2) is 17.7 Å². The van der Waals surface area contributed by atoms with Crippen LogP contribution in [0.2, 0.25) is 5.02 Å². The molecule has 0 aromatic heterocycles. The quantitative estimate of drug-likeness (QED) is 0.596. The molecule has 29 heavy (non-hydrogen) atoms. The van der Waals surface area contributed by atoms with Crippen LogP contribution < -0.4 is 10.2 Å². The van der Waals surface area contributed by atoms with Crippen molar-refractivity contribution in [3.63, 3.8) is 0 Å². The van der Waals surface area contributed by atoms with Crippen molar-refractivity contribution in [1.29, 1.82) is 0 Å². The predicted molar refractivity (Wildman–Crippen MR) is 113 cm³/mol. The number of nitrogens with one attached hydrogen (secondary N) is 1. The van der Waals surface area contributed by atoms with Crippen LogP contribution in [0.5, 0.6) is 0 Å². The number of hydrogen-bond acceptors (Lipinski definition) is 3. The van der Waals surface area contributed by atoms with E-state index >= 15 is 0 Å². The summed E-state index contributed by atoms with van der Waals surface area (Å²) in [7, 11) is 0. The maximum atomic E-state index is 13.0. The fourth-order valence-corrected chi connectivity index (χ4v) is 4.30.